The maximum absolute atomic E-state index is 10.6. The Morgan fingerprint density at radius 3 is 2.80 bits per heavy atom. The van der Waals surface area contributed by atoms with Gasteiger partial charge in [-0.25, -0.2) is 4.99 Å². The number of aliphatic imine (C=N–C) groups is 1. The standard InChI is InChI=1S/C9H12N2O3.Na/c1-2-5-10-8-4-3-7(9(13)14)11(8)6-12;/h2,5-7H,3-4H2,1H3,(H,13,14);/q;+1/p-1/b5-2-,10-8?;. The minimum atomic E-state index is -1.23. The van der Waals surface area contributed by atoms with E-state index in [4.69, 9.17) is 0 Å². The molecule has 1 heterocycles. The van der Waals surface area contributed by atoms with E-state index in [-0.39, 0.29) is 29.6 Å². The maximum Gasteiger partial charge on any atom is 1.00 e. The number of carbonyl (C=O) groups is 2. The molecule has 0 bridgehead atoms. The van der Waals surface area contributed by atoms with Gasteiger partial charge in [-0.1, -0.05) is 6.08 Å². The topological polar surface area (TPSA) is 72.8 Å². The summed E-state index contributed by atoms with van der Waals surface area (Å²) in [5.41, 5.74) is 0. The summed E-state index contributed by atoms with van der Waals surface area (Å²) in [6.07, 6.45) is 4.58. The van der Waals surface area contributed by atoms with Crippen molar-refractivity contribution in [2.24, 2.45) is 4.99 Å². The third-order valence-corrected chi connectivity index (χ3v) is 2.03. The molecule has 1 rings (SSSR count). The van der Waals surface area contributed by atoms with Gasteiger partial charge in [-0.15, -0.1) is 0 Å². The van der Waals surface area contributed by atoms with Crippen LogP contribution in [0.5, 0.6) is 0 Å². The fourth-order valence-corrected chi connectivity index (χ4v) is 1.37. The van der Waals surface area contributed by atoms with Gasteiger partial charge in [-0.3, -0.25) is 9.69 Å². The van der Waals surface area contributed by atoms with Crippen molar-refractivity contribution in [3.05, 3.63) is 12.3 Å². The minimum absolute atomic E-state index is 0. The Morgan fingerprint density at radius 1 is 1.67 bits per heavy atom. The maximum atomic E-state index is 10.6. The summed E-state index contributed by atoms with van der Waals surface area (Å²) in [5, 5.41) is 10.6. The van der Waals surface area contributed by atoms with Crippen LogP contribution in [0, 0.1) is 0 Å². The SMILES string of the molecule is C/C=C\N=C1CCC(C(=O)[O-])N1C=O.[Na+]. The molecule has 5 nitrogen and oxygen atoms in total. The Bertz CT molecular complexity index is 302. The van der Waals surface area contributed by atoms with Crippen LogP contribution in [0.3, 0.4) is 0 Å². The molecule has 0 radical (unpaired) electrons. The van der Waals surface area contributed by atoms with Crippen molar-refractivity contribution >= 4 is 18.2 Å². The Hall–Kier alpha value is -0.650. The van der Waals surface area contributed by atoms with Crippen LogP contribution in [0.25, 0.3) is 0 Å². The first-order valence-electron chi connectivity index (χ1n) is 4.33. The number of allylic oxidation sites excluding steroid dienone is 1. The second-order valence-electron chi connectivity index (χ2n) is 2.91. The Morgan fingerprint density at radius 2 is 2.33 bits per heavy atom. The molecular weight excluding hydrogens is 207 g/mol. The van der Waals surface area contributed by atoms with Crippen LogP contribution in [-0.4, -0.2) is 29.2 Å². The molecule has 0 aromatic rings. The molecule has 1 unspecified atom stereocenters. The number of hydrogen-bond donors (Lipinski definition) is 0. The smallest absolute Gasteiger partial charge is 0.548 e. The van der Waals surface area contributed by atoms with Crippen LogP contribution >= 0.6 is 0 Å². The third-order valence-electron chi connectivity index (χ3n) is 2.03. The van der Waals surface area contributed by atoms with E-state index in [1.54, 1.807) is 13.0 Å². The van der Waals surface area contributed by atoms with Gasteiger partial charge in [0.25, 0.3) is 0 Å². The molecule has 6 heteroatoms. The van der Waals surface area contributed by atoms with Crippen LogP contribution in [0.15, 0.2) is 17.3 Å². The first-order chi connectivity index (χ1) is 6.70. The van der Waals surface area contributed by atoms with Crippen molar-refractivity contribution in [2.45, 2.75) is 25.8 Å². The second kappa shape index (κ2) is 6.76. The van der Waals surface area contributed by atoms with Crippen molar-refractivity contribution in [3.63, 3.8) is 0 Å². The first-order valence-corrected chi connectivity index (χ1v) is 4.33. The summed E-state index contributed by atoms with van der Waals surface area (Å²) in [5.74, 6) is -0.755. The molecule has 1 aliphatic rings. The number of nitrogens with zero attached hydrogens (tertiary/aromatic N) is 2. The van der Waals surface area contributed by atoms with E-state index >= 15 is 0 Å². The molecule has 1 amide bonds. The fraction of sp³-hybridized carbons (Fsp3) is 0.444. The summed E-state index contributed by atoms with van der Waals surface area (Å²) in [6, 6.07) is -0.864. The molecule has 0 saturated carbocycles. The zero-order chi connectivity index (χ0) is 10.6. The molecule has 0 aromatic heterocycles. The van der Waals surface area contributed by atoms with E-state index in [1.165, 1.54) is 6.20 Å². The summed E-state index contributed by atoms with van der Waals surface area (Å²) in [6.45, 7) is 1.79. The number of carboxylic acids is 1. The van der Waals surface area contributed by atoms with Crippen LogP contribution in [0.4, 0.5) is 0 Å². The predicted molar refractivity (Wildman–Crippen MR) is 48.2 cm³/mol. The predicted octanol–water partition coefficient (Wildman–Crippen LogP) is -3.71. The minimum Gasteiger partial charge on any atom is -0.548 e. The van der Waals surface area contributed by atoms with Crippen molar-refractivity contribution in [2.75, 3.05) is 0 Å². The number of likely N-dealkylation sites (tertiary alicyclic amines) is 1. The Kier molecular flexibility index (Phi) is 6.47. The molecule has 1 atom stereocenters. The monoisotopic (exact) mass is 218 g/mol. The van der Waals surface area contributed by atoms with Gasteiger partial charge in [-0.2, -0.15) is 0 Å². The van der Waals surface area contributed by atoms with E-state index in [0.717, 1.165) is 4.90 Å². The number of carbonyl (C=O) groups excluding carboxylic acids is 2. The van der Waals surface area contributed by atoms with Gasteiger partial charge >= 0.3 is 29.6 Å². The molecule has 0 spiro atoms. The average Bonchev–Trinajstić information content (AvgIpc) is 2.57. The van der Waals surface area contributed by atoms with Crippen LogP contribution in [0.2, 0.25) is 0 Å². The van der Waals surface area contributed by atoms with Crippen LogP contribution in [0.1, 0.15) is 19.8 Å². The van der Waals surface area contributed by atoms with Crippen LogP contribution in [-0.2, 0) is 9.59 Å². The zero-order valence-corrected chi connectivity index (χ0v) is 10.8. The number of carboxylic acid groups (broad SMARTS) is 1. The van der Waals surface area contributed by atoms with Gasteiger partial charge in [0.05, 0.1) is 12.0 Å². The number of hydrogen-bond acceptors (Lipinski definition) is 4. The second-order valence-corrected chi connectivity index (χ2v) is 2.91. The van der Waals surface area contributed by atoms with E-state index in [9.17, 15) is 14.7 Å². The largest absolute Gasteiger partial charge is 1.00 e. The molecule has 1 fully saturated rings. The van der Waals surface area contributed by atoms with E-state index in [2.05, 4.69) is 4.99 Å². The quantitative estimate of drug-likeness (QED) is 0.361. The molecule has 15 heavy (non-hydrogen) atoms. The van der Waals surface area contributed by atoms with Crippen molar-refractivity contribution < 1.29 is 44.3 Å². The van der Waals surface area contributed by atoms with Gasteiger partial charge in [0.2, 0.25) is 6.41 Å². The molecule has 76 valence electrons. The number of rotatable bonds is 3. The molecule has 1 saturated heterocycles. The third kappa shape index (κ3) is 3.44. The number of aliphatic carboxylic acids is 1. The Labute approximate surface area is 110 Å². The summed E-state index contributed by atoms with van der Waals surface area (Å²) >= 11 is 0. The molecular formula is C9H11N2NaO3. The van der Waals surface area contributed by atoms with Gasteiger partial charge in [0.15, 0.2) is 0 Å². The molecule has 0 N–H and O–H groups in total. The van der Waals surface area contributed by atoms with Gasteiger partial charge in [0.1, 0.15) is 5.84 Å². The average molecular weight is 218 g/mol. The normalized spacial score (nSPS) is 23.1. The summed E-state index contributed by atoms with van der Waals surface area (Å²) < 4.78 is 0. The van der Waals surface area contributed by atoms with Gasteiger partial charge in [0, 0.05) is 12.6 Å². The number of amidine groups is 1. The summed E-state index contributed by atoms with van der Waals surface area (Å²) in [4.78, 5) is 26.3. The van der Waals surface area contributed by atoms with Crippen molar-refractivity contribution in [3.8, 4) is 0 Å². The van der Waals surface area contributed by atoms with E-state index in [0.29, 0.717) is 25.1 Å². The molecule has 1 aliphatic heterocycles. The molecule has 0 aliphatic carbocycles. The van der Waals surface area contributed by atoms with E-state index < -0.39 is 12.0 Å². The first kappa shape index (κ1) is 14.3. The summed E-state index contributed by atoms with van der Waals surface area (Å²) in [7, 11) is 0. The molecule has 0 aromatic carbocycles. The van der Waals surface area contributed by atoms with Gasteiger partial charge < -0.3 is 9.90 Å². The van der Waals surface area contributed by atoms with Gasteiger partial charge in [-0.05, 0) is 13.3 Å². The van der Waals surface area contributed by atoms with Crippen molar-refractivity contribution in [1.82, 2.24) is 4.90 Å². The van der Waals surface area contributed by atoms with Crippen LogP contribution < -0.4 is 34.7 Å². The zero-order valence-electron chi connectivity index (χ0n) is 8.84. The number of amides is 1. The Balaban J connectivity index is 0.00000196. The van der Waals surface area contributed by atoms with Crippen molar-refractivity contribution in [1.29, 1.82) is 0 Å². The van der Waals surface area contributed by atoms with E-state index in [1.807, 2.05) is 0 Å². The fourth-order valence-electron chi connectivity index (χ4n) is 1.37.